The van der Waals surface area contributed by atoms with Crippen molar-refractivity contribution in [1.29, 1.82) is 0 Å². The van der Waals surface area contributed by atoms with Gasteiger partial charge in [-0.15, -0.1) is 0 Å². The number of hydrogen-bond donors (Lipinski definition) is 1. The molecule has 0 radical (unpaired) electrons. The maximum Gasteiger partial charge on any atom is 0.129 e. The van der Waals surface area contributed by atoms with Gasteiger partial charge in [-0.05, 0) is 46.5 Å². The zero-order valence-electron chi connectivity index (χ0n) is 10.2. The first-order valence-corrected chi connectivity index (χ1v) is 6.97. The molecule has 2 unspecified atom stereocenters. The molecule has 2 aromatic rings. The summed E-state index contributed by atoms with van der Waals surface area (Å²) in [6.07, 6.45) is 3.04. The fourth-order valence-electron chi connectivity index (χ4n) is 2.29. The predicted octanol–water partition coefficient (Wildman–Crippen LogP) is 4.12. The van der Waals surface area contributed by atoms with Gasteiger partial charge in [0.2, 0.25) is 0 Å². The molecule has 0 amide bonds. The van der Waals surface area contributed by atoms with Gasteiger partial charge in [-0.1, -0.05) is 30.3 Å². The average molecular weight is 303 g/mol. The first-order valence-electron chi connectivity index (χ1n) is 6.17. The molecule has 18 heavy (non-hydrogen) atoms. The van der Waals surface area contributed by atoms with Crippen LogP contribution in [0.4, 0.5) is 5.82 Å². The molecular weight excluding hydrogens is 288 g/mol. The molecule has 0 aliphatic heterocycles. The lowest BCUT2D eigenvalue weighted by Crippen LogP contribution is -2.07. The maximum atomic E-state index is 4.43. The van der Waals surface area contributed by atoms with Crippen molar-refractivity contribution in [2.75, 3.05) is 5.32 Å². The third kappa shape index (κ3) is 2.41. The minimum Gasteiger partial charge on any atom is -0.366 e. The SMILES string of the molecule is Cc1cc(Br)cnc1NC1CC1c1ccccc1. The van der Waals surface area contributed by atoms with Crippen LogP contribution in [0.2, 0.25) is 0 Å². The van der Waals surface area contributed by atoms with E-state index in [1.165, 1.54) is 17.5 Å². The summed E-state index contributed by atoms with van der Waals surface area (Å²) in [5.74, 6) is 1.64. The van der Waals surface area contributed by atoms with Gasteiger partial charge < -0.3 is 5.32 Å². The largest absolute Gasteiger partial charge is 0.366 e. The van der Waals surface area contributed by atoms with Crippen molar-refractivity contribution in [1.82, 2.24) is 4.98 Å². The summed E-state index contributed by atoms with van der Waals surface area (Å²) in [4.78, 5) is 4.43. The van der Waals surface area contributed by atoms with Crippen molar-refractivity contribution in [2.45, 2.75) is 25.3 Å². The first kappa shape index (κ1) is 11.7. The Hall–Kier alpha value is -1.35. The molecule has 2 atom stereocenters. The van der Waals surface area contributed by atoms with E-state index >= 15 is 0 Å². The topological polar surface area (TPSA) is 24.9 Å². The van der Waals surface area contributed by atoms with E-state index in [2.05, 4.69) is 69.6 Å². The molecule has 0 saturated heterocycles. The Kier molecular flexibility index (Phi) is 3.08. The van der Waals surface area contributed by atoms with Crippen LogP contribution in [-0.2, 0) is 0 Å². The second-order valence-corrected chi connectivity index (χ2v) is 5.74. The van der Waals surface area contributed by atoms with Gasteiger partial charge >= 0.3 is 0 Å². The quantitative estimate of drug-likeness (QED) is 0.922. The highest BCUT2D eigenvalue weighted by Gasteiger charge is 2.38. The lowest BCUT2D eigenvalue weighted by atomic mass is 10.1. The fraction of sp³-hybridized carbons (Fsp3) is 0.267. The molecule has 3 heteroatoms. The molecule has 0 spiro atoms. The highest BCUT2D eigenvalue weighted by atomic mass is 79.9. The van der Waals surface area contributed by atoms with Gasteiger partial charge in [0.25, 0.3) is 0 Å². The Morgan fingerprint density at radius 2 is 2.06 bits per heavy atom. The lowest BCUT2D eigenvalue weighted by molar-refractivity contribution is 1.02. The average Bonchev–Trinajstić information content (AvgIpc) is 3.13. The molecule has 1 fully saturated rings. The Labute approximate surface area is 116 Å². The fourth-order valence-corrected chi connectivity index (χ4v) is 2.74. The number of aromatic nitrogens is 1. The molecule has 92 valence electrons. The van der Waals surface area contributed by atoms with Crippen molar-refractivity contribution in [3.8, 4) is 0 Å². The van der Waals surface area contributed by atoms with E-state index < -0.39 is 0 Å². The van der Waals surface area contributed by atoms with Crippen molar-refractivity contribution in [3.63, 3.8) is 0 Å². The third-order valence-electron chi connectivity index (χ3n) is 3.39. The highest BCUT2D eigenvalue weighted by Crippen LogP contribution is 2.42. The van der Waals surface area contributed by atoms with Crippen LogP contribution in [0.5, 0.6) is 0 Å². The number of nitrogens with zero attached hydrogens (tertiary/aromatic N) is 1. The number of nitrogens with one attached hydrogen (secondary N) is 1. The van der Waals surface area contributed by atoms with Crippen molar-refractivity contribution >= 4 is 21.7 Å². The summed E-state index contributed by atoms with van der Waals surface area (Å²) in [5, 5.41) is 3.53. The molecule has 1 N–H and O–H groups in total. The molecule has 3 rings (SSSR count). The minimum absolute atomic E-state index is 0.528. The van der Waals surface area contributed by atoms with E-state index in [0.717, 1.165) is 10.3 Å². The standard InChI is InChI=1S/C15H15BrN2/c1-10-7-12(16)9-17-15(10)18-14-8-13(14)11-5-3-2-4-6-11/h2-7,9,13-14H,8H2,1H3,(H,17,18). The summed E-state index contributed by atoms with van der Waals surface area (Å²) in [6, 6.07) is 13.3. The summed E-state index contributed by atoms with van der Waals surface area (Å²) in [7, 11) is 0. The molecule has 0 bridgehead atoms. The smallest absolute Gasteiger partial charge is 0.129 e. The van der Waals surface area contributed by atoms with Crippen LogP contribution >= 0.6 is 15.9 Å². The normalized spacial score (nSPS) is 21.7. The number of anilines is 1. The van der Waals surface area contributed by atoms with Crippen LogP contribution in [0.25, 0.3) is 0 Å². The van der Waals surface area contributed by atoms with Crippen molar-refractivity contribution in [2.24, 2.45) is 0 Å². The highest BCUT2D eigenvalue weighted by molar-refractivity contribution is 9.10. The molecule has 1 aromatic carbocycles. The van der Waals surface area contributed by atoms with E-state index in [-0.39, 0.29) is 0 Å². The van der Waals surface area contributed by atoms with Gasteiger partial charge in [0.05, 0.1) is 0 Å². The van der Waals surface area contributed by atoms with Crippen molar-refractivity contribution in [3.05, 3.63) is 58.2 Å². The zero-order chi connectivity index (χ0) is 12.5. The van der Waals surface area contributed by atoms with Gasteiger partial charge in [0.1, 0.15) is 5.82 Å². The molecule has 1 aromatic heterocycles. The second-order valence-electron chi connectivity index (χ2n) is 4.82. The molecule has 1 aliphatic carbocycles. The predicted molar refractivity (Wildman–Crippen MR) is 77.9 cm³/mol. The van der Waals surface area contributed by atoms with Gasteiger partial charge in [0.15, 0.2) is 0 Å². The summed E-state index contributed by atoms with van der Waals surface area (Å²) >= 11 is 3.44. The second kappa shape index (κ2) is 4.73. The maximum absolute atomic E-state index is 4.43. The van der Waals surface area contributed by atoms with Crippen LogP contribution in [0.15, 0.2) is 47.1 Å². The van der Waals surface area contributed by atoms with E-state index in [4.69, 9.17) is 0 Å². The monoisotopic (exact) mass is 302 g/mol. The van der Waals surface area contributed by atoms with Gasteiger partial charge in [-0.2, -0.15) is 0 Å². The number of pyridine rings is 1. The Morgan fingerprint density at radius 3 is 2.78 bits per heavy atom. The van der Waals surface area contributed by atoms with Crippen molar-refractivity contribution < 1.29 is 0 Å². The van der Waals surface area contributed by atoms with Gasteiger partial charge in [-0.3, -0.25) is 0 Å². The number of hydrogen-bond acceptors (Lipinski definition) is 2. The van der Waals surface area contributed by atoms with Crippen LogP contribution in [-0.4, -0.2) is 11.0 Å². The van der Waals surface area contributed by atoms with E-state index in [0.29, 0.717) is 12.0 Å². The lowest BCUT2D eigenvalue weighted by Gasteiger charge is -2.08. The Balaban J connectivity index is 1.69. The van der Waals surface area contributed by atoms with Gasteiger partial charge in [0, 0.05) is 22.6 Å². The van der Waals surface area contributed by atoms with E-state index in [9.17, 15) is 0 Å². The van der Waals surface area contributed by atoms with E-state index in [1.54, 1.807) is 0 Å². The van der Waals surface area contributed by atoms with Crippen LogP contribution in [0, 0.1) is 6.92 Å². The van der Waals surface area contributed by atoms with Crippen LogP contribution in [0.1, 0.15) is 23.5 Å². The molecule has 2 nitrogen and oxygen atoms in total. The molecule has 1 aliphatic rings. The van der Waals surface area contributed by atoms with Crippen LogP contribution in [0.3, 0.4) is 0 Å². The Bertz CT molecular complexity index is 554. The summed E-state index contributed by atoms with van der Waals surface area (Å²) in [5.41, 5.74) is 2.60. The number of halogens is 1. The minimum atomic E-state index is 0.528. The molecule has 1 saturated carbocycles. The summed E-state index contributed by atoms with van der Waals surface area (Å²) in [6.45, 7) is 2.08. The molecular formula is C15H15BrN2. The summed E-state index contributed by atoms with van der Waals surface area (Å²) < 4.78 is 1.03. The van der Waals surface area contributed by atoms with Crippen LogP contribution < -0.4 is 5.32 Å². The number of rotatable bonds is 3. The van der Waals surface area contributed by atoms with Gasteiger partial charge in [-0.25, -0.2) is 4.98 Å². The number of aryl methyl sites for hydroxylation is 1. The third-order valence-corrected chi connectivity index (χ3v) is 3.82. The first-order chi connectivity index (χ1) is 8.74. The Morgan fingerprint density at radius 1 is 1.28 bits per heavy atom. The van der Waals surface area contributed by atoms with E-state index in [1.807, 2.05) is 6.20 Å². The zero-order valence-corrected chi connectivity index (χ0v) is 11.8. The molecule has 1 heterocycles. The number of benzene rings is 1.